The summed E-state index contributed by atoms with van der Waals surface area (Å²) >= 11 is 0. The lowest BCUT2D eigenvalue weighted by Crippen LogP contribution is -2.41. The SMILES string of the molecule is CN(C[C@@H]1OC(=O)N2c3cc(F)c(C4C5CS(=O)(=O)CC54)cc3C[C@@H]12)C(=O)O. The molecule has 0 aromatic heterocycles. The highest BCUT2D eigenvalue weighted by atomic mass is 32.2. The van der Waals surface area contributed by atoms with Gasteiger partial charge < -0.3 is 14.7 Å². The van der Waals surface area contributed by atoms with Gasteiger partial charge in [0.05, 0.1) is 29.8 Å². The highest BCUT2D eigenvalue weighted by Gasteiger charge is 2.60. The van der Waals surface area contributed by atoms with Gasteiger partial charge in [-0.3, -0.25) is 4.90 Å². The van der Waals surface area contributed by atoms with Gasteiger partial charge in [-0.15, -0.1) is 0 Å². The van der Waals surface area contributed by atoms with E-state index in [2.05, 4.69) is 0 Å². The van der Waals surface area contributed by atoms with Gasteiger partial charge >= 0.3 is 12.2 Å². The summed E-state index contributed by atoms with van der Waals surface area (Å²) in [7, 11) is -1.60. The molecular weight excluding hydrogens is 391 g/mol. The van der Waals surface area contributed by atoms with E-state index in [9.17, 15) is 22.4 Å². The summed E-state index contributed by atoms with van der Waals surface area (Å²) in [6.45, 7) is 0.0379. The van der Waals surface area contributed by atoms with Crippen LogP contribution in [0.5, 0.6) is 0 Å². The van der Waals surface area contributed by atoms with Gasteiger partial charge in [-0.1, -0.05) is 6.07 Å². The van der Waals surface area contributed by atoms with Crippen molar-refractivity contribution in [3.63, 3.8) is 0 Å². The van der Waals surface area contributed by atoms with E-state index < -0.39 is 33.9 Å². The second kappa shape index (κ2) is 5.59. The van der Waals surface area contributed by atoms with E-state index in [4.69, 9.17) is 9.84 Å². The minimum atomic E-state index is -3.00. The van der Waals surface area contributed by atoms with Crippen LogP contribution >= 0.6 is 0 Å². The number of benzene rings is 1. The Morgan fingerprint density at radius 1 is 1.36 bits per heavy atom. The third kappa shape index (κ3) is 2.50. The van der Waals surface area contributed by atoms with Crippen LogP contribution in [0.2, 0.25) is 0 Å². The first-order valence-corrected chi connectivity index (χ1v) is 10.9. The zero-order valence-corrected chi connectivity index (χ0v) is 15.9. The van der Waals surface area contributed by atoms with Crippen molar-refractivity contribution in [1.82, 2.24) is 4.90 Å². The Balaban J connectivity index is 1.41. The minimum Gasteiger partial charge on any atom is -0.465 e. The average Bonchev–Trinajstić information content (AvgIpc) is 2.91. The largest absolute Gasteiger partial charge is 0.465 e. The number of carbonyl (C=O) groups excluding carboxylic acids is 1. The molecular formula is C18H19FN2O6S. The second-order valence-electron chi connectivity index (χ2n) is 8.16. The number of sulfone groups is 1. The van der Waals surface area contributed by atoms with Gasteiger partial charge in [0.1, 0.15) is 11.9 Å². The van der Waals surface area contributed by atoms with Crippen LogP contribution in [0.1, 0.15) is 17.0 Å². The number of carboxylic acid groups (broad SMARTS) is 1. The number of fused-ring (bicyclic) bond motifs is 4. The highest BCUT2D eigenvalue weighted by molar-refractivity contribution is 7.91. The van der Waals surface area contributed by atoms with E-state index in [1.165, 1.54) is 18.0 Å². The molecule has 2 unspecified atom stereocenters. The number of likely N-dealkylation sites (N-methyl/N-ethyl adjacent to an activating group) is 1. The summed E-state index contributed by atoms with van der Waals surface area (Å²) in [6, 6.07) is 2.71. The number of halogens is 1. The Hall–Kier alpha value is -2.36. The molecule has 8 nitrogen and oxygen atoms in total. The Kier molecular flexibility index (Phi) is 3.54. The third-order valence-electron chi connectivity index (χ3n) is 6.46. The van der Waals surface area contributed by atoms with E-state index in [0.717, 1.165) is 10.5 Å². The van der Waals surface area contributed by atoms with Crippen LogP contribution < -0.4 is 4.90 Å². The zero-order chi connectivity index (χ0) is 20.0. The maximum atomic E-state index is 14.8. The molecule has 0 radical (unpaired) electrons. The van der Waals surface area contributed by atoms with Crippen LogP contribution in [-0.4, -0.2) is 67.9 Å². The molecule has 1 aromatic rings. The van der Waals surface area contributed by atoms with Gasteiger partial charge in [-0.05, 0) is 41.4 Å². The highest BCUT2D eigenvalue weighted by Crippen LogP contribution is 2.60. The van der Waals surface area contributed by atoms with Gasteiger partial charge in [0.2, 0.25) is 0 Å². The predicted octanol–water partition coefficient (Wildman–Crippen LogP) is 1.44. The fourth-order valence-corrected chi connectivity index (χ4v) is 7.30. The fraction of sp³-hybridized carbons (Fsp3) is 0.556. The van der Waals surface area contributed by atoms with E-state index in [1.54, 1.807) is 6.07 Å². The lowest BCUT2D eigenvalue weighted by atomic mass is 10.00. The monoisotopic (exact) mass is 410 g/mol. The molecule has 0 bridgehead atoms. The van der Waals surface area contributed by atoms with Crippen LogP contribution in [0.15, 0.2) is 12.1 Å². The number of carbonyl (C=O) groups is 2. The van der Waals surface area contributed by atoms with Gasteiger partial charge in [0, 0.05) is 7.05 Å². The van der Waals surface area contributed by atoms with E-state index in [-0.39, 0.29) is 41.8 Å². The zero-order valence-electron chi connectivity index (χ0n) is 15.0. The number of amides is 2. The molecule has 1 aromatic carbocycles. The lowest BCUT2D eigenvalue weighted by molar-refractivity contribution is 0.0961. The summed E-state index contributed by atoms with van der Waals surface area (Å²) in [5, 5.41) is 9.06. The molecule has 3 fully saturated rings. The van der Waals surface area contributed by atoms with Crippen molar-refractivity contribution < 1.29 is 32.2 Å². The Morgan fingerprint density at radius 2 is 2.04 bits per heavy atom. The average molecular weight is 410 g/mol. The molecule has 5 rings (SSSR count). The molecule has 4 atom stereocenters. The van der Waals surface area contributed by atoms with Crippen molar-refractivity contribution in [3.05, 3.63) is 29.1 Å². The normalized spacial score (nSPS) is 33.9. The summed E-state index contributed by atoms with van der Waals surface area (Å²) in [5.41, 5.74) is 1.79. The van der Waals surface area contributed by atoms with Crippen molar-refractivity contribution in [3.8, 4) is 0 Å². The molecule has 4 aliphatic rings. The number of ether oxygens (including phenoxy) is 1. The predicted molar refractivity (Wildman–Crippen MR) is 95.7 cm³/mol. The maximum absolute atomic E-state index is 14.8. The number of rotatable bonds is 3. The maximum Gasteiger partial charge on any atom is 0.415 e. The Bertz CT molecular complexity index is 994. The third-order valence-corrected chi connectivity index (χ3v) is 8.25. The molecule has 2 amide bonds. The van der Waals surface area contributed by atoms with Crippen LogP contribution in [0.25, 0.3) is 0 Å². The van der Waals surface area contributed by atoms with Crippen molar-refractivity contribution in [2.24, 2.45) is 11.8 Å². The summed E-state index contributed by atoms with van der Waals surface area (Å²) in [6.07, 6.45) is -1.90. The number of cyclic esters (lactones) is 1. The van der Waals surface area contributed by atoms with Crippen LogP contribution in [-0.2, 0) is 21.0 Å². The number of nitrogens with zero attached hydrogens (tertiary/aromatic N) is 2. The summed E-state index contributed by atoms with van der Waals surface area (Å²) in [4.78, 5) is 25.8. The van der Waals surface area contributed by atoms with Crippen LogP contribution in [0.3, 0.4) is 0 Å². The van der Waals surface area contributed by atoms with Crippen LogP contribution in [0.4, 0.5) is 19.7 Å². The molecule has 150 valence electrons. The van der Waals surface area contributed by atoms with E-state index in [1.807, 2.05) is 0 Å². The standard InChI is InChI=1S/C18H19FN2O6S/c1-20(17(22)23)5-15-14-3-8-2-9(16-10-6-28(25,26)7-11(10)16)12(19)4-13(8)21(14)18(24)27-15/h2,4,10-11,14-16H,3,5-7H2,1H3,(H,22,23)/t10?,11?,14-,15-,16?/m0/s1. The first-order valence-electron chi connectivity index (χ1n) is 9.13. The molecule has 3 heterocycles. The van der Waals surface area contributed by atoms with Crippen molar-refractivity contribution >= 4 is 27.7 Å². The molecule has 10 heteroatoms. The van der Waals surface area contributed by atoms with E-state index in [0.29, 0.717) is 17.7 Å². The molecule has 1 aliphatic carbocycles. The quantitative estimate of drug-likeness (QED) is 0.809. The van der Waals surface area contributed by atoms with Gasteiger partial charge in [-0.2, -0.15) is 0 Å². The first kappa shape index (κ1) is 17.7. The topological polar surface area (TPSA) is 104 Å². The minimum absolute atomic E-state index is 0.0133. The van der Waals surface area contributed by atoms with Gasteiger partial charge in [0.15, 0.2) is 9.84 Å². The number of hydrogen-bond acceptors (Lipinski definition) is 5. The van der Waals surface area contributed by atoms with Gasteiger partial charge in [0.25, 0.3) is 0 Å². The van der Waals surface area contributed by atoms with Crippen molar-refractivity contribution in [2.45, 2.75) is 24.5 Å². The summed E-state index contributed by atoms with van der Waals surface area (Å²) in [5.74, 6) is -0.311. The molecule has 0 spiro atoms. The summed E-state index contributed by atoms with van der Waals surface area (Å²) < 4.78 is 43.5. The van der Waals surface area contributed by atoms with Crippen molar-refractivity contribution in [2.75, 3.05) is 30.0 Å². The number of hydrogen-bond donors (Lipinski definition) is 1. The van der Waals surface area contributed by atoms with E-state index >= 15 is 0 Å². The Morgan fingerprint density at radius 3 is 2.68 bits per heavy atom. The Labute approximate surface area is 160 Å². The first-order chi connectivity index (χ1) is 13.2. The van der Waals surface area contributed by atoms with Gasteiger partial charge in [-0.25, -0.2) is 22.4 Å². The van der Waals surface area contributed by atoms with Crippen molar-refractivity contribution in [1.29, 1.82) is 0 Å². The molecule has 2 saturated heterocycles. The second-order valence-corrected chi connectivity index (χ2v) is 10.3. The lowest BCUT2D eigenvalue weighted by Gasteiger charge is -2.21. The molecule has 28 heavy (non-hydrogen) atoms. The molecule has 1 saturated carbocycles. The molecule has 1 N–H and O–H groups in total. The smallest absolute Gasteiger partial charge is 0.415 e. The van der Waals surface area contributed by atoms with Crippen LogP contribution in [0, 0.1) is 17.7 Å². The molecule has 3 aliphatic heterocycles. The number of anilines is 1. The fourth-order valence-electron chi connectivity index (χ4n) is 5.08.